The standard InChI is InChI=1S/C13H22ClN3O/c1-6-18-8-11-15-10(14)7-12(16-11)17(5)9-13(2,3)4/h7H,6,8-9H2,1-5H3. The number of ether oxygens (including phenoxy) is 1. The SMILES string of the molecule is CCOCc1nc(Cl)cc(N(C)CC(C)(C)C)n1. The first-order valence-corrected chi connectivity index (χ1v) is 6.52. The minimum atomic E-state index is 0.201. The third-order valence-electron chi connectivity index (χ3n) is 2.27. The predicted octanol–water partition coefficient (Wildman–Crippen LogP) is 3.15. The smallest absolute Gasteiger partial charge is 0.158 e. The topological polar surface area (TPSA) is 38.2 Å². The lowest BCUT2D eigenvalue weighted by molar-refractivity contribution is 0.128. The average molecular weight is 272 g/mol. The first-order chi connectivity index (χ1) is 8.31. The third kappa shape index (κ3) is 5.19. The Balaban J connectivity index is 2.84. The second-order valence-corrected chi connectivity index (χ2v) is 5.91. The third-order valence-corrected chi connectivity index (χ3v) is 2.46. The molecule has 0 spiro atoms. The van der Waals surface area contributed by atoms with Crippen molar-refractivity contribution in [1.82, 2.24) is 9.97 Å². The Morgan fingerprint density at radius 2 is 2.00 bits per heavy atom. The summed E-state index contributed by atoms with van der Waals surface area (Å²) in [4.78, 5) is 10.7. The Labute approximate surface area is 114 Å². The molecule has 0 aromatic carbocycles. The van der Waals surface area contributed by atoms with E-state index in [4.69, 9.17) is 16.3 Å². The number of hydrogen-bond acceptors (Lipinski definition) is 4. The summed E-state index contributed by atoms with van der Waals surface area (Å²) in [6.45, 7) is 10.4. The Bertz CT molecular complexity index is 390. The molecule has 0 bridgehead atoms. The molecule has 1 aromatic rings. The predicted molar refractivity (Wildman–Crippen MR) is 75.1 cm³/mol. The molecule has 0 saturated heterocycles. The summed E-state index contributed by atoms with van der Waals surface area (Å²) in [6, 6.07) is 1.78. The van der Waals surface area contributed by atoms with E-state index in [0.29, 0.717) is 24.2 Å². The zero-order chi connectivity index (χ0) is 13.8. The monoisotopic (exact) mass is 271 g/mol. The molecule has 0 saturated carbocycles. The van der Waals surface area contributed by atoms with Gasteiger partial charge >= 0.3 is 0 Å². The van der Waals surface area contributed by atoms with Crippen molar-refractivity contribution in [2.75, 3.05) is 25.1 Å². The molecule has 1 rings (SSSR count). The molecular formula is C13H22ClN3O. The van der Waals surface area contributed by atoms with Gasteiger partial charge in [0.25, 0.3) is 0 Å². The van der Waals surface area contributed by atoms with Gasteiger partial charge in [-0.15, -0.1) is 0 Å². The lowest BCUT2D eigenvalue weighted by atomic mass is 9.96. The number of aromatic nitrogens is 2. The van der Waals surface area contributed by atoms with Crippen LogP contribution in [0.15, 0.2) is 6.07 Å². The quantitative estimate of drug-likeness (QED) is 0.771. The molecule has 0 aliphatic heterocycles. The van der Waals surface area contributed by atoms with E-state index in [-0.39, 0.29) is 5.41 Å². The van der Waals surface area contributed by atoms with E-state index >= 15 is 0 Å². The van der Waals surface area contributed by atoms with Crippen LogP contribution in [0.1, 0.15) is 33.5 Å². The van der Waals surface area contributed by atoms with Crippen LogP contribution in [0.4, 0.5) is 5.82 Å². The van der Waals surface area contributed by atoms with Crippen LogP contribution in [0.5, 0.6) is 0 Å². The molecule has 1 aromatic heterocycles. The van der Waals surface area contributed by atoms with Crippen molar-refractivity contribution in [3.8, 4) is 0 Å². The number of hydrogen-bond donors (Lipinski definition) is 0. The maximum atomic E-state index is 6.01. The minimum absolute atomic E-state index is 0.201. The van der Waals surface area contributed by atoms with Gasteiger partial charge in [-0.2, -0.15) is 0 Å². The van der Waals surface area contributed by atoms with Gasteiger partial charge < -0.3 is 9.64 Å². The molecule has 1 heterocycles. The van der Waals surface area contributed by atoms with E-state index in [0.717, 1.165) is 12.4 Å². The maximum Gasteiger partial charge on any atom is 0.158 e. The van der Waals surface area contributed by atoms with Gasteiger partial charge in [0.05, 0.1) is 0 Å². The number of nitrogens with zero attached hydrogens (tertiary/aromatic N) is 3. The van der Waals surface area contributed by atoms with Gasteiger partial charge in [-0.3, -0.25) is 0 Å². The van der Waals surface area contributed by atoms with E-state index in [2.05, 4.69) is 35.6 Å². The molecule has 0 aliphatic carbocycles. The summed E-state index contributed by atoms with van der Waals surface area (Å²) in [6.07, 6.45) is 0. The lowest BCUT2D eigenvalue weighted by Crippen LogP contribution is -2.30. The van der Waals surface area contributed by atoms with Crippen LogP contribution < -0.4 is 4.90 Å². The van der Waals surface area contributed by atoms with Gasteiger partial charge in [0.1, 0.15) is 17.6 Å². The van der Waals surface area contributed by atoms with Gasteiger partial charge in [-0.25, -0.2) is 9.97 Å². The molecule has 0 N–H and O–H groups in total. The van der Waals surface area contributed by atoms with Crippen LogP contribution in [-0.4, -0.2) is 30.2 Å². The molecule has 102 valence electrons. The van der Waals surface area contributed by atoms with Crippen molar-refractivity contribution in [2.45, 2.75) is 34.3 Å². The summed E-state index contributed by atoms with van der Waals surface area (Å²) >= 11 is 6.01. The number of anilines is 1. The first-order valence-electron chi connectivity index (χ1n) is 6.14. The average Bonchev–Trinajstić information content (AvgIpc) is 2.23. The van der Waals surface area contributed by atoms with Crippen molar-refractivity contribution in [2.24, 2.45) is 5.41 Å². The molecule has 4 nitrogen and oxygen atoms in total. The summed E-state index contributed by atoms with van der Waals surface area (Å²) < 4.78 is 5.31. The fourth-order valence-corrected chi connectivity index (χ4v) is 1.89. The zero-order valence-corrected chi connectivity index (χ0v) is 12.6. The molecule has 0 fully saturated rings. The van der Waals surface area contributed by atoms with Crippen LogP contribution >= 0.6 is 11.6 Å². The summed E-state index contributed by atoms with van der Waals surface area (Å²) in [5.74, 6) is 1.46. The molecule has 0 amide bonds. The highest BCUT2D eigenvalue weighted by Gasteiger charge is 2.16. The zero-order valence-electron chi connectivity index (χ0n) is 11.8. The van der Waals surface area contributed by atoms with Crippen molar-refractivity contribution in [3.63, 3.8) is 0 Å². The van der Waals surface area contributed by atoms with Crippen molar-refractivity contribution >= 4 is 17.4 Å². The molecule has 0 atom stereocenters. The fourth-order valence-electron chi connectivity index (χ4n) is 1.70. The van der Waals surface area contributed by atoms with Crippen LogP contribution in [-0.2, 0) is 11.3 Å². The Morgan fingerprint density at radius 3 is 2.56 bits per heavy atom. The molecule has 0 radical (unpaired) electrons. The highest BCUT2D eigenvalue weighted by atomic mass is 35.5. The fraction of sp³-hybridized carbons (Fsp3) is 0.692. The van der Waals surface area contributed by atoms with E-state index in [1.807, 2.05) is 14.0 Å². The lowest BCUT2D eigenvalue weighted by Gasteiger charge is -2.27. The maximum absolute atomic E-state index is 6.01. The largest absolute Gasteiger partial charge is 0.374 e. The highest BCUT2D eigenvalue weighted by molar-refractivity contribution is 6.29. The van der Waals surface area contributed by atoms with Crippen LogP contribution in [0.3, 0.4) is 0 Å². The first kappa shape index (κ1) is 15.2. The Hall–Kier alpha value is -0.870. The van der Waals surface area contributed by atoms with Crippen LogP contribution in [0.25, 0.3) is 0 Å². The Kier molecular flexibility index (Phi) is 5.35. The minimum Gasteiger partial charge on any atom is -0.374 e. The van der Waals surface area contributed by atoms with Crippen molar-refractivity contribution in [1.29, 1.82) is 0 Å². The number of rotatable bonds is 5. The molecule has 0 unspecified atom stereocenters. The Morgan fingerprint density at radius 1 is 1.33 bits per heavy atom. The molecule has 5 heteroatoms. The molecule has 18 heavy (non-hydrogen) atoms. The normalized spacial score (nSPS) is 11.7. The van der Waals surface area contributed by atoms with Gasteiger partial charge in [0, 0.05) is 26.3 Å². The number of halogens is 1. The summed E-state index contributed by atoms with van der Waals surface area (Å²) in [7, 11) is 2.01. The second-order valence-electron chi connectivity index (χ2n) is 5.52. The van der Waals surface area contributed by atoms with E-state index in [9.17, 15) is 0 Å². The molecular weight excluding hydrogens is 250 g/mol. The van der Waals surface area contributed by atoms with Crippen LogP contribution in [0, 0.1) is 5.41 Å². The van der Waals surface area contributed by atoms with Crippen molar-refractivity contribution in [3.05, 3.63) is 17.0 Å². The van der Waals surface area contributed by atoms with Crippen molar-refractivity contribution < 1.29 is 4.74 Å². The highest BCUT2D eigenvalue weighted by Crippen LogP contribution is 2.20. The summed E-state index contributed by atoms with van der Waals surface area (Å²) in [5, 5.41) is 0.454. The van der Waals surface area contributed by atoms with E-state index < -0.39 is 0 Å². The van der Waals surface area contributed by atoms with E-state index in [1.54, 1.807) is 6.07 Å². The summed E-state index contributed by atoms with van der Waals surface area (Å²) in [5.41, 5.74) is 0.201. The van der Waals surface area contributed by atoms with E-state index in [1.165, 1.54) is 0 Å². The van der Waals surface area contributed by atoms with Gasteiger partial charge in [0.2, 0.25) is 0 Å². The second kappa shape index (κ2) is 6.34. The van der Waals surface area contributed by atoms with Gasteiger partial charge in [0.15, 0.2) is 5.82 Å². The van der Waals surface area contributed by atoms with Crippen LogP contribution in [0.2, 0.25) is 5.15 Å². The van der Waals surface area contributed by atoms with Gasteiger partial charge in [-0.1, -0.05) is 32.4 Å². The van der Waals surface area contributed by atoms with Gasteiger partial charge in [-0.05, 0) is 12.3 Å². The molecule has 0 aliphatic rings.